The van der Waals surface area contributed by atoms with E-state index in [0.29, 0.717) is 5.69 Å². The van der Waals surface area contributed by atoms with Crippen molar-refractivity contribution in [1.82, 2.24) is 9.97 Å². The Morgan fingerprint density at radius 1 is 1.13 bits per heavy atom. The lowest BCUT2D eigenvalue weighted by molar-refractivity contribution is 0.0281. The quantitative estimate of drug-likeness (QED) is 0.733. The van der Waals surface area contributed by atoms with Gasteiger partial charge < -0.3 is 10.1 Å². The predicted octanol–water partition coefficient (Wildman–Crippen LogP) is 4.41. The summed E-state index contributed by atoms with van der Waals surface area (Å²) in [7, 11) is 0. The number of fused-ring (bicyclic) bond motifs is 1. The van der Waals surface area contributed by atoms with Crippen molar-refractivity contribution in [2.24, 2.45) is 5.92 Å². The Morgan fingerprint density at radius 2 is 1.87 bits per heavy atom. The lowest BCUT2D eigenvalue weighted by Crippen LogP contribution is -2.33. The lowest BCUT2D eigenvalue weighted by atomic mass is 9.80. The number of benzene rings is 2. The van der Waals surface area contributed by atoms with Crippen LogP contribution < -0.4 is 0 Å². The Kier molecular flexibility index (Phi) is 4.22. The van der Waals surface area contributed by atoms with E-state index in [-0.39, 0.29) is 5.92 Å². The maximum Gasteiger partial charge on any atom is 0.135 e. The monoisotopic (exact) mass is 308 g/mol. The molecule has 0 saturated heterocycles. The fourth-order valence-electron chi connectivity index (χ4n) is 3.22. The molecule has 0 aliphatic rings. The van der Waals surface area contributed by atoms with Crippen LogP contribution in [0.4, 0.5) is 0 Å². The van der Waals surface area contributed by atoms with Crippen molar-refractivity contribution < 1.29 is 5.11 Å². The number of aromatic amines is 1. The van der Waals surface area contributed by atoms with Crippen molar-refractivity contribution in [2.75, 3.05) is 0 Å². The Labute approximate surface area is 137 Å². The molecule has 2 N–H and O–H groups in total. The molecule has 0 bridgehead atoms. The van der Waals surface area contributed by atoms with Gasteiger partial charge in [0.25, 0.3) is 0 Å². The van der Waals surface area contributed by atoms with Gasteiger partial charge in [0.2, 0.25) is 0 Å². The van der Waals surface area contributed by atoms with Gasteiger partial charge in [-0.3, -0.25) is 0 Å². The average molecular weight is 308 g/mol. The maximum atomic E-state index is 11.3. The number of aliphatic hydroxyl groups is 1. The molecule has 1 atom stereocenters. The zero-order valence-corrected chi connectivity index (χ0v) is 14.0. The van der Waals surface area contributed by atoms with Gasteiger partial charge in [-0.2, -0.15) is 0 Å². The van der Waals surface area contributed by atoms with Crippen LogP contribution in [0.1, 0.15) is 44.0 Å². The molecule has 0 aliphatic heterocycles. The largest absolute Gasteiger partial charge is 0.378 e. The van der Waals surface area contributed by atoms with Crippen molar-refractivity contribution in [1.29, 1.82) is 0 Å². The van der Waals surface area contributed by atoms with Crippen LogP contribution in [0.15, 0.2) is 48.9 Å². The van der Waals surface area contributed by atoms with Gasteiger partial charge in [-0.1, -0.05) is 57.5 Å². The van der Waals surface area contributed by atoms with Crippen LogP contribution in [0.5, 0.6) is 0 Å². The minimum absolute atomic E-state index is 0.0163. The van der Waals surface area contributed by atoms with Gasteiger partial charge in [0.1, 0.15) is 5.60 Å². The van der Waals surface area contributed by atoms with Crippen molar-refractivity contribution in [3.8, 4) is 0 Å². The van der Waals surface area contributed by atoms with E-state index in [0.717, 1.165) is 23.8 Å². The number of nitrogens with one attached hydrogen (secondary N) is 1. The van der Waals surface area contributed by atoms with E-state index in [1.54, 1.807) is 12.5 Å². The number of H-pyrrole nitrogens is 1. The minimum Gasteiger partial charge on any atom is -0.378 e. The molecule has 1 aromatic heterocycles. The summed E-state index contributed by atoms with van der Waals surface area (Å²) in [6, 6.07) is 12.8. The van der Waals surface area contributed by atoms with Gasteiger partial charge in [-0.05, 0) is 40.3 Å². The summed E-state index contributed by atoms with van der Waals surface area (Å²) < 4.78 is 0. The Hall–Kier alpha value is -2.13. The second-order valence-corrected chi connectivity index (χ2v) is 6.52. The molecular weight excluding hydrogens is 284 g/mol. The van der Waals surface area contributed by atoms with E-state index in [1.165, 1.54) is 10.9 Å². The van der Waals surface area contributed by atoms with Gasteiger partial charge >= 0.3 is 0 Å². The molecule has 23 heavy (non-hydrogen) atoms. The molecule has 0 saturated carbocycles. The predicted molar refractivity (Wildman–Crippen MR) is 94.4 cm³/mol. The fourth-order valence-corrected chi connectivity index (χ4v) is 3.22. The van der Waals surface area contributed by atoms with Gasteiger partial charge in [-0.25, -0.2) is 4.98 Å². The second-order valence-electron chi connectivity index (χ2n) is 6.52. The van der Waals surface area contributed by atoms with E-state index in [2.05, 4.69) is 47.2 Å². The van der Waals surface area contributed by atoms with Crippen LogP contribution >= 0.6 is 0 Å². The number of imidazole rings is 1. The first kappa shape index (κ1) is 15.8. The first-order valence-corrected chi connectivity index (χ1v) is 8.30. The van der Waals surface area contributed by atoms with E-state index in [4.69, 9.17) is 0 Å². The topological polar surface area (TPSA) is 48.9 Å². The van der Waals surface area contributed by atoms with E-state index in [9.17, 15) is 5.11 Å². The summed E-state index contributed by atoms with van der Waals surface area (Å²) in [5.41, 5.74) is 1.82. The first-order valence-electron chi connectivity index (χ1n) is 8.30. The third-order valence-electron chi connectivity index (χ3n) is 4.61. The number of nitrogens with zero attached hydrogens (tertiary/aromatic N) is 1. The molecule has 3 aromatic rings. The van der Waals surface area contributed by atoms with Gasteiger partial charge in [0.15, 0.2) is 0 Å². The fraction of sp³-hybridized carbons (Fsp3) is 0.350. The molecule has 3 rings (SSSR count). The molecule has 0 amide bonds. The third kappa shape index (κ3) is 2.77. The molecule has 0 aliphatic carbocycles. The Bertz CT molecular complexity index is 793. The van der Waals surface area contributed by atoms with Crippen molar-refractivity contribution in [3.63, 3.8) is 0 Å². The smallest absolute Gasteiger partial charge is 0.135 e. The summed E-state index contributed by atoms with van der Waals surface area (Å²) in [4.78, 5) is 7.25. The van der Waals surface area contributed by atoms with Crippen molar-refractivity contribution >= 4 is 10.8 Å². The molecule has 3 nitrogen and oxygen atoms in total. The number of aromatic nitrogens is 2. The van der Waals surface area contributed by atoms with Crippen LogP contribution in [0, 0.1) is 5.92 Å². The maximum absolute atomic E-state index is 11.3. The average Bonchev–Trinajstić information content (AvgIpc) is 3.08. The molecule has 2 aromatic carbocycles. The van der Waals surface area contributed by atoms with E-state index < -0.39 is 5.60 Å². The van der Waals surface area contributed by atoms with E-state index >= 15 is 0 Å². The summed E-state index contributed by atoms with van der Waals surface area (Å²) in [5.74, 6) is 0.0163. The second kappa shape index (κ2) is 6.17. The summed E-state index contributed by atoms with van der Waals surface area (Å²) in [6.45, 7) is 6.23. The van der Waals surface area contributed by atoms with E-state index in [1.807, 2.05) is 19.9 Å². The SMILES string of the molecule is CCCc1ccc2cc(C(O)(c3c[nH]cn3)C(C)C)ccc2c1. The van der Waals surface area contributed by atoms with Crippen LogP contribution in [0.25, 0.3) is 10.8 Å². The highest BCUT2D eigenvalue weighted by molar-refractivity contribution is 5.84. The Balaban J connectivity index is 2.10. The number of aryl methyl sites for hydroxylation is 1. The standard InChI is InChI=1S/C20H24N2O/c1-4-5-15-6-7-17-11-18(9-8-16(17)10-15)20(23,14(2)3)19-12-21-13-22-19/h6-14,23H,4-5H2,1-3H3,(H,21,22). The summed E-state index contributed by atoms with van der Waals surface area (Å²) >= 11 is 0. The summed E-state index contributed by atoms with van der Waals surface area (Å²) in [5, 5.41) is 13.7. The molecule has 0 radical (unpaired) electrons. The van der Waals surface area contributed by atoms with Crippen LogP contribution in [-0.4, -0.2) is 15.1 Å². The molecule has 1 heterocycles. The molecule has 3 heteroatoms. The minimum atomic E-state index is -1.09. The Morgan fingerprint density at radius 3 is 2.52 bits per heavy atom. The molecule has 0 spiro atoms. The van der Waals surface area contributed by atoms with Gasteiger partial charge in [0.05, 0.1) is 12.0 Å². The highest BCUT2D eigenvalue weighted by Gasteiger charge is 2.37. The molecular formula is C20H24N2O. The van der Waals surface area contributed by atoms with Gasteiger partial charge in [-0.15, -0.1) is 0 Å². The zero-order chi connectivity index (χ0) is 16.4. The first-order chi connectivity index (χ1) is 11.1. The normalized spacial score (nSPS) is 14.3. The molecule has 120 valence electrons. The van der Waals surface area contributed by atoms with Crippen LogP contribution in [0.3, 0.4) is 0 Å². The highest BCUT2D eigenvalue weighted by Crippen LogP contribution is 2.36. The van der Waals surface area contributed by atoms with Crippen LogP contribution in [0.2, 0.25) is 0 Å². The molecule has 0 fully saturated rings. The van der Waals surface area contributed by atoms with Gasteiger partial charge in [0, 0.05) is 6.20 Å². The number of hydrogen-bond donors (Lipinski definition) is 2. The summed E-state index contributed by atoms with van der Waals surface area (Å²) in [6.07, 6.45) is 5.63. The highest BCUT2D eigenvalue weighted by atomic mass is 16.3. The zero-order valence-electron chi connectivity index (χ0n) is 14.0. The van der Waals surface area contributed by atoms with Crippen molar-refractivity contribution in [2.45, 2.75) is 39.2 Å². The van der Waals surface area contributed by atoms with Crippen LogP contribution in [-0.2, 0) is 12.0 Å². The third-order valence-corrected chi connectivity index (χ3v) is 4.61. The van der Waals surface area contributed by atoms with Crippen molar-refractivity contribution in [3.05, 3.63) is 65.7 Å². The number of hydrogen-bond acceptors (Lipinski definition) is 2. The number of rotatable bonds is 5. The molecule has 1 unspecified atom stereocenters. The lowest BCUT2D eigenvalue weighted by Gasteiger charge is -2.31.